The molecule has 1 heterocycles. The summed E-state index contributed by atoms with van der Waals surface area (Å²) in [6.45, 7) is 6.29. The van der Waals surface area contributed by atoms with Gasteiger partial charge in [0.2, 0.25) is 0 Å². The molecule has 1 aromatic rings. The second-order valence-corrected chi connectivity index (χ2v) is 3.86. The van der Waals surface area contributed by atoms with Gasteiger partial charge in [0.15, 0.2) is 0 Å². The van der Waals surface area contributed by atoms with E-state index in [0.29, 0.717) is 0 Å². The predicted molar refractivity (Wildman–Crippen MR) is 42.4 cm³/mol. The minimum absolute atomic E-state index is 0.165. The van der Waals surface area contributed by atoms with Gasteiger partial charge in [-0.25, -0.2) is 9.89 Å². The number of aromatic amines is 2. The van der Waals surface area contributed by atoms with Gasteiger partial charge in [-0.15, -0.1) is 0 Å². The van der Waals surface area contributed by atoms with Crippen LogP contribution in [0.15, 0.2) is 4.79 Å². The number of nitrogens with one attached hydrogen (secondary N) is 2. The van der Waals surface area contributed by atoms with Gasteiger partial charge in [-0.1, -0.05) is 20.8 Å². The molecule has 0 atom stereocenters. The molecule has 0 saturated carbocycles. The van der Waals surface area contributed by atoms with E-state index in [-0.39, 0.29) is 11.1 Å². The topological polar surface area (TPSA) is 61.5 Å². The van der Waals surface area contributed by atoms with E-state index in [9.17, 15) is 4.79 Å². The standard InChI is InChI=1S/C7H13N3O/c1-7(2,3)4-5-8-6(11)10-9-5/h4H2,1-3H3,(H2,8,9,10,11). The van der Waals surface area contributed by atoms with E-state index in [2.05, 4.69) is 36.0 Å². The Kier molecular flexibility index (Phi) is 1.85. The average Bonchev–Trinajstić information content (AvgIpc) is 2.10. The highest BCUT2D eigenvalue weighted by Gasteiger charge is 2.13. The van der Waals surface area contributed by atoms with Crippen LogP contribution in [-0.4, -0.2) is 15.2 Å². The lowest BCUT2D eigenvalue weighted by Gasteiger charge is -2.14. The quantitative estimate of drug-likeness (QED) is 0.626. The summed E-state index contributed by atoms with van der Waals surface area (Å²) in [5.74, 6) is 0.725. The molecular weight excluding hydrogens is 142 g/mol. The lowest BCUT2D eigenvalue weighted by Crippen LogP contribution is -2.11. The Morgan fingerprint density at radius 2 is 2.09 bits per heavy atom. The van der Waals surface area contributed by atoms with Crippen LogP contribution in [0, 0.1) is 5.41 Å². The van der Waals surface area contributed by atoms with Crippen molar-refractivity contribution in [1.82, 2.24) is 15.2 Å². The zero-order valence-electron chi connectivity index (χ0n) is 7.06. The predicted octanol–water partition coefficient (Wildman–Crippen LogP) is 0.687. The summed E-state index contributed by atoms with van der Waals surface area (Å²) >= 11 is 0. The van der Waals surface area contributed by atoms with Gasteiger partial charge in [0.1, 0.15) is 5.82 Å². The minimum atomic E-state index is -0.232. The first-order valence-electron chi connectivity index (χ1n) is 3.61. The van der Waals surface area contributed by atoms with Crippen LogP contribution in [0.4, 0.5) is 0 Å². The minimum Gasteiger partial charge on any atom is -0.293 e. The van der Waals surface area contributed by atoms with Crippen molar-refractivity contribution >= 4 is 0 Å². The van der Waals surface area contributed by atoms with Crippen molar-refractivity contribution in [3.63, 3.8) is 0 Å². The van der Waals surface area contributed by atoms with Crippen LogP contribution in [0.25, 0.3) is 0 Å². The highest BCUT2D eigenvalue weighted by molar-refractivity contribution is 4.85. The highest BCUT2D eigenvalue weighted by atomic mass is 16.1. The van der Waals surface area contributed by atoms with Crippen LogP contribution >= 0.6 is 0 Å². The number of rotatable bonds is 1. The number of H-pyrrole nitrogens is 2. The zero-order valence-corrected chi connectivity index (χ0v) is 7.06. The molecule has 11 heavy (non-hydrogen) atoms. The molecule has 0 aromatic carbocycles. The molecule has 1 aromatic heterocycles. The summed E-state index contributed by atoms with van der Waals surface area (Å²) in [5, 5.41) is 6.14. The van der Waals surface area contributed by atoms with E-state index in [4.69, 9.17) is 0 Å². The van der Waals surface area contributed by atoms with Gasteiger partial charge in [-0.3, -0.25) is 4.98 Å². The van der Waals surface area contributed by atoms with Gasteiger partial charge >= 0.3 is 5.69 Å². The lowest BCUT2D eigenvalue weighted by atomic mass is 9.92. The molecule has 4 heteroatoms. The normalized spacial score (nSPS) is 11.9. The number of aromatic nitrogens is 3. The third kappa shape index (κ3) is 2.57. The van der Waals surface area contributed by atoms with Gasteiger partial charge in [-0.2, -0.15) is 5.10 Å². The Hall–Kier alpha value is -1.06. The summed E-state index contributed by atoms with van der Waals surface area (Å²) in [6.07, 6.45) is 0.783. The van der Waals surface area contributed by atoms with Crippen LogP contribution < -0.4 is 5.69 Å². The van der Waals surface area contributed by atoms with E-state index in [1.54, 1.807) is 0 Å². The molecule has 0 amide bonds. The van der Waals surface area contributed by atoms with Crippen molar-refractivity contribution in [2.75, 3.05) is 0 Å². The molecule has 0 unspecified atom stereocenters. The monoisotopic (exact) mass is 155 g/mol. The molecule has 0 spiro atoms. The van der Waals surface area contributed by atoms with Crippen molar-refractivity contribution < 1.29 is 0 Å². The Morgan fingerprint density at radius 1 is 1.45 bits per heavy atom. The smallest absolute Gasteiger partial charge is 0.293 e. The van der Waals surface area contributed by atoms with Crippen molar-refractivity contribution in [2.45, 2.75) is 27.2 Å². The summed E-state index contributed by atoms with van der Waals surface area (Å²) < 4.78 is 0. The molecule has 62 valence electrons. The van der Waals surface area contributed by atoms with Crippen molar-refractivity contribution in [3.8, 4) is 0 Å². The number of hydrogen-bond donors (Lipinski definition) is 2. The molecule has 0 fully saturated rings. The van der Waals surface area contributed by atoms with E-state index >= 15 is 0 Å². The van der Waals surface area contributed by atoms with Crippen LogP contribution in [-0.2, 0) is 6.42 Å². The maximum absolute atomic E-state index is 10.6. The first kappa shape index (κ1) is 8.04. The van der Waals surface area contributed by atoms with E-state index in [1.807, 2.05) is 0 Å². The third-order valence-corrected chi connectivity index (χ3v) is 1.25. The van der Waals surface area contributed by atoms with Gasteiger partial charge in [0.25, 0.3) is 0 Å². The van der Waals surface area contributed by atoms with Crippen molar-refractivity contribution in [3.05, 3.63) is 16.3 Å². The van der Waals surface area contributed by atoms with Crippen molar-refractivity contribution in [2.24, 2.45) is 5.41 Å². The SMILES string of the molecule is CC(C)(C)Cc1n[nH]c(=O)[nH]1. The van der Waals surface area contributed by atoms with Gasteiger partial charge < -0.3 is 0 Å². The fourth-order valence-corrected chi connectivity index (χ4v) is 0.891. The fourth-order valence-electron chi connectivity index (χ4n) is 0.891. The van der Waals surface area contributed by atoms with Crippen molar-refractivity contribution in [1.29, 1.82) is 0 Å². The largest absolute Gasteiger partial charge is 0.340 e. The second kappa shape index (κ2) is 2.53. The molecule has 0 aliphatic rings. The molecule has 4 nitrogen and oxygen atoms in total. The Morgan fingerprint density at radius 3 is 2.45 bits per heavy atom. The zero-order chi connectivity index (χ0) is 8.48. The van der Waals surface area contributed by atoms with E-state index in [0.717, 1.165) is 12.2 Å². The molecule has 0 bridgehead atoms. The van der Waals surface area contributed by atoms with Crippen LogP contribution in [0.2, 0.25) is 0 Å². The maximum atomic E-state index is 10.6. The summed E-state index contributed by atoms with van der Waals surface area (Å²) in [5.41, 5.74) is -0.0674. The number of nitrogens with zero attached hydrogens (tertiary/aromatic N) is 1. The maximum Gasteiger partial charge on any atom is 0.340 e. The fraction of sp³-hybridized carbons (Fsp3) is 0.714. The lowest BCUT2D eigenvalue weighted by molar-refractivity contribution is 0.401. The Labute approximate surface area is 65.0 Å². The molecule has 1 rings (SSSR count). The van der Waals surface area contributed by atoms with E-state index < -0.39 is 0 Å². The highest BCUT2D eigenvalue weighted by Crippen LogP contribution is 2.16. The third-order valence-electron chi connectivity index (χ3n) is 1.25. The summed E-state index contributed by atoms with van der Waals surface area (Å²) in [7, 11) is 0. The molecule has 2 N–H and O–H groups in total. The first-order valence-corrected chi connectivity index (χ1v) is 3.61. The van der Waals surface area contributed by atoms with Crippen LogP contribution in [0.1, 0.15) is 26.6 Å². The van der Waals surface area contributed by atoms with Gasteiger partial charge in [0.05, 0.1) is 0 Å². The summed E-state index contributed by atoms with van der Waals surface area (Å²) in [6, 6.07) is 0. The van der Waals surface area contributed by atoms with Crippen LogP contribution in [0.5, 0.6) is 0 Å². The van der Waals surface area contributed by atoms with Crippen LogP contribution in [0.3, 0.4) is 0 Å². The molecule has 0 radical (unpaired) electrons. The van der Waals surface area contributed by atoms with Gasteiger partial charge in [0, 0.05) is 6.42 Å². The molecule has 0 aliphatic carbocycles. The Balaban J connectivity index is 2.73. The first-order chi connectivity index (χ1) is 4.97. The summed E-state index contributed by atoms with van der Waals surface area (Å²) in [4.78, 5) is 13.2. The molecule has 0 saturated heterocycles. The second-order valence-electron chi connectivity index (χ2n) is 3.86. The molecule has 0 aliphatic heterocycles. The van der Waals surface area contributed by atoms with E-state index in [1.165, 1.54) is 0 Å². The Bertz CT molecular complexity index is 278. The van der Waals surface area contributed by atoms with Gasteiger partial charge in [-0.05, 0) is 5.41 Å². The molecular formula is C7H13N3O. The number of hydrogen-bond acceptors (Lipinski definition) is 2. The average molecular weight is 155 g/mol.